The Hall–Kier alpha value is -0.330. The number of hydrogen-bond donors (Lipinski definition) is 2. The van der Waals surface area contributed by atoms with E-state index in [0.29, 0.717) is 12.5 Å². The first-order valence-corrected chi connectivity index (χ1v) is 6.44. The molecule has 0 bridgehead atoms. The molecule has 3 nitrogen and oxygen atoms in total. The Labute approximate surface area is 106 Å². The first kappa shape index (κ1) is 15.7. The summed E-state index contributed by atoms with van der Waals surface area (Å²) in [5, 5.41) is 12.7. The van der Waals surface area contributed by atoms with Crippen molar-refractivity contribution in [2.45, 2.75) is 44.3 Å². The van der Waals surface area contributed by atoms with Gasteiger partial charge in [-0.2, -0.15) is 13.2 Å². The number of aliphatic hydroxyl groups is 1. The first-order chi connectivity index (χ1) is 8.43. The van der Waals surface area contributed by atoms with Crippen LogP contribution in [0.1, 0.15) is 32.6 Å². The summed E-state index contributed by atoms with van der Waals surface area (Å²) >= 11 is 0. The summed E-state index contributed by atoms with van der Waals surface area (Å²) in [5.41, 5.74) is -0.465. The number of ether oxygens (including phenoxy) is 1. The van der Waals surface area contributed by atoms with Gasteiger partial charge in [-0.05, 0) is 31.7 Å². The van der Waals surface area contributed by atoms with Crippen LogP contribution < -0.4 is 5.32 Å². The minimum atomic E-state index is -4.12. The molecule has 0 aromatic heterocycles. The molecule has 1 fully saturated rings. The Morgan fingerprint density at radius 3 is 2.44 bits per heavy atom. The van der Waals surface area contributed by atoms with Gasteiger partial charge in [0.25, 0.3) is 0 Å². The fourth-order valence-corrected chi connectivity index (χ4v) is 2.16. The van der Waals surface area contributed by atoms with Gasteiger partial charge in [-0.3, -0.25) is 0 Å². The molecular weight excluding hydrogens is 247 g/mol. The van der Waals surface area contributed by atoms with Crippen molar-refractivity contribution in [3.63, 3.8) is 0 Å². The number of likely N-dealkylation sites (N-methyl/N-ethyl adjacent to an activating group) is 1. The minimum Gasteiger partial charge on any atom is -0.394 e. The number of hydrogen-bond acceptors (Lipinski definition) is 3. The van der Waals surface area contributed by atoms with Gasteiger partial charge in [-0.1, -0.05) is 6.92 Å². The zero-order valence-electron chi connectivity index (χ0n) is 10.7. The summed E-state index contributed by atoms with van der Waals surface area (Å²) in [6.07, 6.45) is -2.87. The number of aliphatic hydroxyl groups excluding tert-OH is 1. The second-order valence-electron chi connectivity index (χ2n) is 4.89. The molecule has 1 atom stereocenters. The van der Waals surface area contributed by atoms with E-state index in [1.807, 2.05) is 6.92 Å². The van der Waals surface area contributed by atoms with Gasteiger partial charge >= 0.3 is 6.18 Å². The third kappa shape index (κ3) is 5.12. The van der Waals surface area contributed by atoms with Crippen LogP contribution in [-0.4, -0.2) is 43.2 Å². The molecule has 0 amide bonds. The van der Waals surface area contributed by atoms with Gasteiger partial charge in [-0.25, -0.2) is 0 Å². The van der Waals surface area contributed by atoms with Crippen LogP contribution in [0.3, 0.4) is 0 Å². The van der Waals surface area contributed by atoms with E-state index in [1.54, 1.807) is 0 Å². The highest BCUT2D eigenvalue weighted by molar-refractivity contribution is 5.00. The lowest BCUT2D eigenvalue weighted by atomic mass is 9.95. The second-order valence-corrected chi connectivity index (χ2v) is 4.89. The molecule has 0 aromatic carbocycles. The zero-order valence-corrected chi connectivity index (χ0v) is 10.7. The average Bonchev–Trinajstić information content (AvgIpc) is 3.09. The van der Waals surface area contributed by atoms with E-state index in [4.69, 9.17) is 4.74 Å². The van der Waals surface area contributed by atoms with E-state index in [0.717, 1.165) is 12.8 Å². The average molecular weight is 269 g/mol. The molecule has 0 saturated heterocycles. The van der Waals surface area contributed by atoms with Crippen molar-refractivity contribution < 1.29 is 23.0 Å². The highest BCUT2D eigenvalue weighted by Gasteiger charge is 2.44. The number of rotatable bonds is 9. The molecule has 0 spiro atoms. The minimum absolute atomic E-state index is 0.0260. The highest BCUT2D eigenvalue weighted by Crippen LogP contribution is 2.39. The quantitative estimate of drug-likeness (QED) is 0.630. The maximum Gasteiger partial charge on any atom is 0.389 e. The zero-order chi connectivity index (χ0) is 13.6. The molecule has 1 unspecified atom stereocenters. The Kier molecular flexibility index (Phi) is 5.88. The molecule has 0 heterocycles. The van der Waals surface area contributed by atoms with Crippen LogP contribution in [0.5, 0.6) is 0 Å². The lowest BCUT2D eigenvalue weighted by molar-refractivity contribution is -0.138. The van der Waals surface area contributed by atoms with Gasteiger partial charge in [0.15, 0.2) is 0 Å². The SMILES string of the molecule is CCNC(CO)(COCCCC(F)(F)F)C1CC1. The summed E-state index contributed by atoms with van der Waals surface area (Å²) < 4.78 is 41.1. The normalized spacial score (nSPS) is 19.8. The molecule has 108 valence electrons. The summed E-state index contributed by atoms with van der Waals surface area (Å²) in [6, 6.07) is 0. The largest absolute Gasteiger partial charge is 0.394 e. The maximum absolute atomic E-state index is 11.9. The third-order valence-electron chi connectivity index (χ3n) is 3.28. The fraction of sp³-hybridized carbons (Fsp3) is 1.00. The van der Waals surface area contributed by atoms with Crippen molar-refractivity contribution >= 4 is 0 Å². The molecular formula is C12H22F3NO2. The van der Waals surface area contributed by atoms with Gasteiger partial charge in [-0.15, -0.1) is 0 Å². The van der Waals surface area contributed by atoms with E-state index in [1.165, 1.54) is 0 Å². The molecule has 0 aliphatic heterocycles. The Bertz CT molecular complexity index is 244. The molecule has 1 aliphatic rings. The van der Waals surface area contributed by atoms with E-state index >= 15 is 0 Å². The van der Waals surface area contributed by atoms with Crippen LogP contribution in [0, 0.1) is 5.92 Å². The predicted octanol–water partition coefficient (Wildman–Crippen LogP) is 2.10. The molecule has 2 N–H and O–H groups in total. The Balaban J connectivity index is 2.25. The number of nitrogens with one attached hydrogen (secondary N) is 1. The van der Waals surface area contributed by atoms with Gasteiger partial charge in [0, 0.05) is 13.0 Å². The number of alkyl halides is 3. The van der Waals surface area contributed by atoms with Gasteiger partial charge in [0.1, 0.15) is 0 Å². The topological polar surface area (TPSA) is 41.5 Å². The van der Waals surface area contributed by atoms with Crippen LogP contribution in [0.2, 0.25) is 0 Å². The monoisotopic (exact) mass is 269 g/mol. The first-order valence-electron chi connectivity index (χ1n) is 6.44. The highest BCUT2D eigenvalue weighted by atomic mass is 19.4. The molecule has 0 aromatic rings. The molecule has 1 rings (SSSR count). The van der Waals surface area contributed by atoms with Crippen LogP contribution >= 0.6 is 0 Å². The number of halogens is 3. The van der Waals surface area contributed by atoms with Crippen molar-refractivity contribution in [1.82, 2.24) is 5.32 Å². The maximum atomic E-state index is 11.9. The van der Waals surface area contributed by atoms with Crippen LogP contribution in [0.15, 0.2) is 0 Å². The van der Waals surface area contributed by atoms with Crippen molar-refractivity contribution in [1.29, 1.82) is 0 Å². The van der Waals surface area contributed by atoms with Crippen LogP contribution in [-0.2, 0) is 4.74 Å². The molecule has 1 saturated carbocycles. The molecule has 1 aliphatic carbocycles. The molecule has 18 heavy (non-hydrogen) atoms. The van der Waals surface area contributed by atoms with Gasteiger partial charge in [0.2, 0.25) is 0 Å². The summed E-state index contributed by atoms with van der Waals surface area (Å²) in [6.45, 7) is 2.98. The third-order valence-corrected chi connectivity index (χ3v) is 3.28. The Morgan fingerprint density at radius 1 is 1.33 bits per heavy atom. The van der Waals surface area contributed by atoms with Crippen molar-refractivity contribution in [2.24, 2.45) is 5.92 Å². The summed E-state index contributed by atoms with van der Waals surface area (Å²) in [4.78, 5) is 0. The van der Waals surface area contributed by atoms with Gasteiger partial charge < -0.3 is 15.2 Å². The van der Waals surface area contributed by atoms with Gasteiger partial charge in [0.05, 0.1) is 18.8 Å². The fourth-order valence-electron chi connectivity index (χ4n) is 2.16. The van der Waals surface area contributed by atoms with Crippen molar-refractivity contribution in [3.8, 4) is 0 Å². The lowest BCUT2D eigenvalue weighted by Gasteiger charge is -2.32. The summed E-state index contributed by atoms with van der Waals surface area (Å²) in [7, 11) is 0. The lowest BCUT2D eigenvalue weighted by Crippen LogP contribution is -2.54. The van der Waals surface area contributed by atoms with Crippen molar-refractivity contribution in [2.75, 3.05) is 26.4 Å². The predicted molar refractivity (Wildman–Crippen MR) is 62.3 cm³/mol. The van der Waals surface area contributed by atoms with E-state index in [2.05, 4.69) is 5.32 Å². The van der Waals surface area contributed by atoms with E-state index < -0.39 is 18.1 Å². The Morgan fingerprint density at radius 2 is 2.00 bits per heavy atom. The second kappa shape index (κ2) is 6.73. The van der Waals surface area contributed by atoms with Crippen LogP contribution in [0.25, 0.3) is 0 Å². The van der Waals surface area contributed by atoms with Crippen molar-refractivity contribution in [3.05, 3.63) is 0 Å². The standard InChI is InChI=1S/C12H22F3NO2/c1-2-16-11(8-17,10-4-5-10)9-18-7-3-6-12(13,14)15/h10,16-17H,2-9H2,1H3. The van der Waals surface area contributed by atoms with E-state index in [9.17, 15) is 18.3 Å². The van der Waals surface area contributed by atoms with Crippen LogP contribution in [0.4, 0.5) is 13.2 Å². The molecule has 0 radical (unpaired) electrons. The summed E-state index contributed by atoms with van der Waals surface area (Å²) in [5.74, 6) is 0.380. The molecule has 6 heteroatoms. The smallest absolute Gasteiger partial charge is 0.389 e. The van der Waals surface area contributed by atoms with E-state index in [-0.39, 0.29) is 26.2 Å².